The number of hydrogen-bond donors (Lipinski definition) is 1. The fourth-order valence-corrected chi connectivity index (χ4v) is 1.72. The van der Waals surface area contributed by atoms with Crippen LogP contribution in [0.4, 0.5) is 5.69 Å². The summed E-state index contributed by atoms with van der Waals surface area (Å²) >= 11 is 0. The van der Waals surface area contributed by atoms with E-state index in [0.29, 0.717) is 17.9 Å². The van der Waals surface area contributed by atoms with Crippen molar-refractivity contribution in [1.82, 2.24) is 0 Å². The van der Waals surface area contributed by atoms with Crippen LogP contribution in [0.1, 0.15) is 5.56 Å². The van der Waals surface area contributed by atoms with Crippen LogP contribution in [0.5, 0.6) is 5.75 Å². The van der Waals surface area contributed by atoms with Crippen LogP contribution in [0.25, 0.3) is 0 Å². The summed E-state index contributed by atoms with van der Waals surface area (Å²) in [5, 5.41) is 2.85. The third-order valence-electron chi connectivity index (χ3n) is 2.59. The number of amides is 1. The van der Waals surface area contributed by atoms with Gasteiger partial charge in [-0.1, -0.05) is 42.5 Å². The topological polar surface area (TPSA) is 38.3 Å². The Morgan fingerprint density at radius 2 is 1.72 bits per heavy atom. The number of carbonyl (C=O) groups is 1. The van der Waals surface area contributed by atoms with Crippen LogP contribution in [0.2, 0.25) is 0 Å². The molecular formula is C15H15NO2. The van der Waals surface area contributed by atoms with Crippen LogP contribution in [-0.4, -0.2) is 13.0 Å². The van der Waals surface area contributed by atoms with Gasteiger partial charge in [-0.3, -0.25) is 4.79 Å². The Morgan fingerprint density at radius 3 is 2.44 bits per heavy atom. The summed E-state index contributed by atoms with van der Waals surface area (Å²) in [4.78, 5) is 11.9. The van der Waals surface area contributed by atoms with Crippen molar-refractivity contribution in [3.63, 3.8) is 0 Å². The molecule has 0 aliphatic carbocycles. The minimum absolute atomic E-state index is 0.0503. The van der Waals surface area contributed by atoms with E-state index < -0.39 is 0 Å². The minimum atomic E-state index is -0.0503. The molecule has 2 rings (SSSR count). The summed E-state index contributed by atoms with van der Waals surface area (Å²) in [5.74, 6) is 0.615. The van der Waals surface area contributed by atoms with Gasteiger partial charge >= 0.3 is 0 Å². The van der Waals surface area contributed by atoms with Crippen molar-refractivity contribution < 1.29 is 9.53 Å². The highest BCUT2D eigenvalue weighted by Crippen LogP contribution is 2.23. The van der Waals surface area contributed by atoms with Crippen molar-refractivity contribution in [1.29, 1.82) is 0 Å². The predicted molar refractivity (Wildman–Crippen MR) is 71.8 cm³/mol. The van der Waals surface area contributed by atoms with Gasteiger partial charge in [-0.25, -0.2) is 0 Å². The maximum absolute atomic E-state index is 11.9. The van der Waals surface area contributed by atoms with E-state index in [1.807, 2.05) is 54.6 Å². The van der Waals surface area contributed by atoms with E-state index in [1.54, 1.807) is 7.11 Å². The molecule has 0 aliphatic rings. The Hall–Kier alpha value is -2.29. The monoisotopic (exact) mass is 241 g/mol. The molecule has 0 unspecified atom stereocenters. The van der Waals surface area contributed by atoms with Crippen LogP contribution >= 0.6 is 0 Å². The first-order valence-corrected chi connectivity index (χ1v) is 5.76. The molecule has 2 aromatic carbocycles. The lowest BCUT2D eigenvalue weighted by atomic mass is 10.1. The zero-order chi connectivity index (χ0) is 12.8. The molecule has 0 atom stereocenters. The highest BCUT2D eigenvalue weighted by Gasteiger charge is 2.07. The second kappa shape index (κ2) is 5.87. The van der Waals surface area contributed by atoms with Crippen molar-refractivity contribution in [2.45, 2.75) is 6.42 Å². The normalized spacial score (nSPS) is 9.83. The molecule has 3 heteroatoms. The van der Waals surface area contributed by atoms with Crippen molar-refractivity contribution >= 4 is 11.6 Å². The van der Waals surface area contributed by atoms with Crippen LogP contribution < -0.4 is 10.1 Å². The lowest BCUT2D eigenvalue weighted by molar-refractivity contribution is -0.115. The van der Waals surface area contributed by atoms with E-state index in [0.717, 1.165) is 5.56 Å². The average molecular weight is 241 g/mol. The Kier molecular flexibility index (Phi) is 3.97. The van der Waals surface area contributed by atoms with Crippen LogP contribution in [0.15, 0.2) is 54.6 Å². The summed E-state index contributed by atoms with van der Waals surface area (Å²) in [6.45, 7) is 0. The van der Waals surface area contributed by atoms with Crippen molar-refractivity contribution in [3.8, 4) is 5.75 Å². The number of benzene rings is 2. The summed E-state index contributed by atoms with van der Waals surface area (Å²) in [6, 6.07) is 17.0. The number of rotatable bonds is 4. The van der Waals surface area contributed by atoms with E-state index in [-0.39, 0.29) is 5.91 Å². The van der Waals surface area contributed by atoms with Gasteiger partial charge in [-0.05, 0) is 17.7 Å². The molecule has 0 heterocycles. The first-order chi connectivity index (χ1) is 8.79. The van der Waals surface area contributed by atoms with E-state index in [4.69, 9.17) is 4.74 Å². The van der Waals surface area contributed by atoms with Crippen molar-refractivity contribution in [2.24, 2.45) is 0 Å². The Bertz CT molecular complexity index is 523. The SMILES string of the molecule is COc1ccccc1NC(=O)Cc1ccccc1. The van der Waals surface area contributed by atoms with E-state index in [9.17, 15) is 4.79 Å². The standard InChI is InChI=1S/C15H15NO2/c1-18-14-10-6-5-9-13(14)16-15(17)11-12-7-3-2-4-8-12/h2-10H,11H2,1H3,(H,16,17). The lowest BCUT2D eigenvalue weighted by Gasteiger charge is -2.09. The Balaban J connectivity index is 2.03. The van der Waals surface area contributed by atoms with Gasteiger partial charge in [0.2, 0.25) is 5.91 Å². The van der Waals surface area contributed by atoms with E-state index in [2.05, 4.69) is 5.32 Å². The average Bonchev–Trinajstić information content (AvgIpc) is 2.40. The number of para-hydroxylation sites is 2. The zero-order valence-electron chi connectivity index (χ0n) is 10.2. The number of nitrogens with one attached hydrogen (secondary N) is 1. The molecule has 2 aromatic rings. The number of hydrogen-bond acceptors (Lipinski definition) is 2. The third kappa shape index (κ3) is 3.10. The summed E-state index contributed by atoms with van der Waals surface area (Å²) in [5.41, 5.74) is 1.69. The molecule has 0 spiro atoms. The Morgan fingerprint density at radius 1 is 1.06 bits per heavy atom. The molecule has 0 aliphatic heterocycles. The van der Waals surface area contributed by atoms with Gasteiger partial charge < -0.3 is 10.1 Å². The van der Waals surface area contributed by atoms with E-state index >= 15 is 0 Å². The van der Waals surface area contributed by atoms with Gasteiger partial charge in [0.25, 0.3) is 0 Å². The fraction of sp³-hybridized carbons (Fsp3) is 0.133. The fourth-order valence-electron chi connectivity index (χ4n) is 1.72. The first kappa shape index (κ1) is 12.2. The number of methoxy groups -OCH3 is 1. The first-order valence-electron chi connectivity index (χ1n) is 5.76. The van der Waals surface area contributed by atoms with Gasteiger partial charge in [0.05, 0.1) is 19.2 Å². The Labute approximate surface area is 106 Å². The van der Waals surface area contributed by atoms with Gasteiger partial charge in [0.15, 0.2) is 0 Å². The van der Waals surface area contributed by atoms with Crippen LogP contribution in [-0.2, 0) is 11.2 Å². The zero-order valence-corrected chi connectivity index (χ0v) is 10.2. The van der Waals surface area contributed by atoms with Crippen molar-refractivity contribution in [2.75, 3.05) is 12.4 Å². The maximum Gasteiger partial charge on any atom is 0.228 e. The molecule has 0 aromatic heterocycles. The molecule has 1 amide bonds. The van der Waals surface area contributed by atoms with Gasteiger partial charge in [-0.15, -0.1) is 0 Å². The molecule has 1 N–H and O–H groups in total. The summed E-state index contributed by atoms with van der Waals surface area (Å²) in [7, 11) is 1.59. The van der Waals surface area contributed by atoms with Crippen LogP contribution in [0, 0.1) is 0 Å². The second-order valence-corrected chi connectivity index (χ2v) is 3.91. The quantitative estimate of drug-likeness (QED) is 0.893. The van der Waals surface area contributed by atoms with Gasteiger partial charge in [0.1, 0.15) is 5.75 Å². The lowest BCUT2D eigenvalue weighted by Crippen LogP contribution is -2.14. The molecule has 3 nitrogen and oxygen atoms in total. The minimum Gasteiger partial charge on any atom is -0.495 e. The smallest absolute Gasteiger partial charge is 0.228 e. The summed E-state index contributed by atoms with van der Waals surface area (Å²) in [6.07, 6.45) is 0.360. The largest absolute Gasteiger partial charge is 0.495 e. The van der Waals surface area contributed by atoms with Gasteiger partial charge in [0, 0.05) is 0 Å². The third-order valence-corrected chi connectivity index (χ3v) is 2.59. The highest BCUT2D eigenvalue weighted by molar-refractivity contribution is 5.93. The molecule has 0 radical (unpaired) electrons. The van der Waals surface area contributed by atoms with Crippen LogP contribution in [0.3, 0.4) is 0 Å². The summed E-state index contributed by atoms with van der Waals surface area (Å²) < 4.78 is 5.18. The molecule has 92 valence electrons. The molecule has 0 saturated heterocycles. The number of ether oxygens (including phenoxy) is 1. The molecule has 0 saturated carbocycles. The predicted octanol–water partition coefficient (Wildman–Crippen LogP) is 2.88. The van der Waals surface area contributed by atoms with Gasteiger partial charge in [-0.2, -0.15) is 0 Å². The number of carbonyl (C=O) groups excluding carboxylic acids is 1. The molecule has 0 bridgehead atoms. The second-order valence-electron chi connectivity index (χ2n) is 3.91. The highest BCUT2D eigenvalue weighted by atomic mass is 16.5. The van der Waals surface area contributed by atoms with E-state index in [1.165, 1.54) is 0 Å². The maximum atomic E-state index is 11.9. The number of anilines is 1. The van der Waals surface area contributed by atoms with Crippen molar-refractivity contribution in [3.05, 3.63) is 60.2 Å². The molecule has 18 heavy (non-hydrogen) atoms. The molecular weight excluding hydrogens is 226 g/mol. The molecule has 0 fully saturated rings.